The first kappa shape index (κ1) is 19.0. The number of aryl methyl sites for hydroxylation is 1. The van der Waals surface area contributed by atoms with Gasteiger partial charge < -0.3 is 15.2 Å². The van der Waals surface area contributed by atoms with E-state index in [0.29, 0.717) is 22.9 Å². The molecule has 0 radical (unpaired) electrons. The Morgan fingerprint density at radius 1 is 1.22 bits per heavy atom. The first-order valence-corrected chi connectivity index (χ1v) is 9.29. The molecule has 8 nitrogen and oxygen atoms in total. The third kappa shape index (κ3) is 3.09. The summed E-state index contributed by atoms with van der Waals surface area (Å²) in [7, 11) is 3.96. The summed E-state index contributed by atoms with van der Waals surface area (Å²) >= 11 is 0. The monoisotopic (exact) mass is 371 g/mol. The summed E-state index contributed by atoms with van der Waals surface area (Å²) in [6, 6.07) is 2.39. The number of nitrogen functional groups attached to an aromatic ring is 1. The zero-order chi connectivity index (χ0) is 20.0. The molecule has 146 valence electrons. The number of fused-ring (bicyclic) bond motifs is 1. The van der Waals surface area contributed by atoms with Crippen LogP contribution >= 0.6 is 0 Å². The van der Waals surface area contributed by atoms with Gasteiger partial charge >= 0.3 is 0 Å². The van der Waals surface area contributed by atoms with Gasteiger partial charge in [-0.2, -0.15) is 10.2 Å². The van der Waals surface area contributed by atoms with E-state index in [-0.39, 0.29) is 17.4 Å². The second kappa shape index (κ2) is 6.75. The molecule has 3 rings (SSSR count). The quantitative estimate of drug-likeness (QED) is 0.719. The summed E-state index contributed by atoms with van der Waals surface area (Å²) in [5, 5.41) is 12.1. The van der Waals surface area contributed by atoms with E-state index in [4.69, 9.17) is 5.73 Å². The minimum atomic E-state index is -0.128. The van der Waals surface area contributed by atoms with Crippen LogP contribution in [0.1, 0.15) is 40.7 Å². The highest BCUT2D eigenvalue weighted by atomic mass is 16.1. The lowest BCUT2D eigenvalue weighted by Gasteiger charge is -2.22. The van der Waals surface area contributed by atoms with Crippen molar-refractivity contribution in [2.24, 2.45) is 13.0 Å². The number of aromatic amines is 1. The van der Waals surface area contributed by atoms with Gasteiger partial charge in [0.1, 0.15) is 11.2 Å². The Kier molecular flexibility index (Phi) is 4.75. The van der Waals surface area contributed by atoms with Gasteiger partial charge in [-0.25, -0.2) is 0 Å². The van der Waals surface area contributed by atoms with Gasteiger partial charge in [0.05, 0.1) is 11.2 Å². The third-order valence-corrected chi connectivity index (χ3v) is 5.45. The van der Waals surface area contributed by atoms with E-state index in [1.54, 1.807) is 4.57 Å². The number of hydrogen-bond acceptors (Lipinski definition) is 5. The minimum Gasteiger partial charge on any atom is -0.382 e. The van der Waals surface area contributed by atoms with E-state index >= 15 is 0 Å². The lowest BCUT2D eigenvalue weighted by Crippen LogP contribution is -2.27. The topological polar surface area (TPSA) is 97.8 Å². The number of nitrogens with one attached hydrogen (secondary N) is 1. The van der Waals surface area contributed by atoms with E-state index in [0.717, 1.165) is 17.1 Å². The normalized spacial score (nSPS) is 13.1. The van der Waals surface area contributed by atoms with E-state index in [1.807, 2.05) is 38.0 Å². The van der Waals surface area contributed by atoms with Crippen LogP contribution in [0.3, 0.4) is 0 Å². The Labute approximate surface area is 159 Å². The largest absolute Gasteiger partial charge is 0.382 e. The summed E-state index contributed by atoms with van der Waals surface area (Å²) in [6.07, 6.45) is 1.87. The van der Waals surface area contributed by atoms with E-state index in [9.17, 15) is 4.79 Å². The molecule has 0 amide bonds. The number of hydrogen-bond donors (Lipinski definition) is 2. The molecule has 0 saturated heterocycles. The standard InChI is InChI=1S/C19H29N7O/c1-10(2)12(5)26-9-13(17-16(19(26)27)18(20)22-21-17)14-8-15(25(7)23-14)24(6)11(3)4/h8-12H,1-7H3,(H3,20,21,22)/t12-/m0/s1. The van der Waals surface area contributed by atoms with E-state index < -0.39 is 0 Å². The van der Waals surface area contributed by atoms with Gasteiger partial charge in [-0.1, -0.05) is 13.8 Å². The second-order valence-corrected chi connectivity index (χ2v) is 7.81. The SMILES string of the molecule is CC(C)[C@H](C)n1cc(-c2cc(N(C)C(C)C)n(C)n2)c2[nH]nc(N)c2c1=O. The molecule has 3 N–H and O–H groups in total. The summed E-state index contributed by atoms with van der Waals surface area (Å²) in [5.41, 5.74) is 8.10. The highest BCUT2D eigenvalue weighted by Gasteiger charge is 2.22. The summed E-state index contributed by atoms with van der Waals surface area (Å²) in [6.45, 7) is 10.5. The number of aromatic nitrogens is 5. The number of H-pyrrole nitrogens is 1. The number of nitrogens with two attached hydrogens (primary N) is 1. The fraction of sp³-hybridized carbons (Fsp3) is 0.526. The predicted molar refractivity (Wildman–Crippen MR) is 110 cm³/mol. The predicted octanol–water partition coefficient (Wildman–Crippen LogP) is 2.77. The lowest BCUT2D eigenvalue weighted by molar-refractivity contribution is 0.400. The third-order valence-electron chi connectivity index (χ3n) is 5.45. The Balaban J connectivity index is 2.28. The maximum absolute atomic E-state index is 13.0. The van der Waals surface area contributed by atoms with Crippen LogP contribution in [-0.4, -0.2) is 37.6 Å². The van der Waals surface area contributed by atoms with Crippen molar-refractivity contribution in [1.82, 2.24) is 24.5 Å². The van der Waals surface area contributed by atoms with Gasteiger partial charge in [0.15, 0.2) is 5.82 Å². The average molecular weight is 371 g/mol. The molecule has 0 aromatic carbocycles. The van der Waals surface area contributed by atoms with Gasteiger partial charge in [0.25, 0.3) is 5.56 Å². The molecule has 0 aliphatic rings. The first-order valence-electron chi connectivity index (χ1n) is 9.29. The molecule has 0 aliphatic carbocycles. The van der Waals surface area contributed by atoms with Crippen molar-refractivity contribution >= 4 is 22.5 Å². The maximum Gasteiger partial charge on any atom is 0.264 e. The number of anilines is 2. The van der Waals surface area contributed by atoms with Crippen molar-refractivity contribution in [1.29, 1.82) is 0 Å². The number of pyridine rings is 1. The Hall–Kier alpha value is -2.77. The highest BCUT2D eigenvalue weighted by molar-refractivity contribution is 5.97. The van der Waals surface area contributed by atoms with Crippen LogP contribution in [0.25, 0.3) is 22.2 Å². The summed E-state index contributed by atoms with van der Waals surface area (Å²) < 4.78 is 3.59. The summed E-state index contributed by atoms with van der Waals surface area (Å²) in [4.78, 5) is 15.2. The van der Waals surface area contributed by atoms with Crippen LogP contribution in [-0.2, 0) is 7.05 Å². The zero-order valence-electron chi connectivity index (χ0n) is 17.1. The van der Waals surface area contributed by atoms with Gasteiger partial charge in [0, 0.05) is 44.0 Å². The van der Waals surface area contributed by atoms with Crippen molar-refractivity contribution < 1.29 is 0 Å². The fourth-order valence-corrected chi connectivity index (χ4v) is 3.16. The molecular formula is C19H29N7O. The molecule has 0 unspecified atom stereocenters. The van der Waals surface area contributed by atoms with E-state index in [1.165, 1.54) is 0 Å². The van der Waals surface area contributed by atoms with Crippen LogP contribution in [0.2, 0.25) is 0 Å². The van der Waals surface area contributed by atoms with Crippen molar-refractivity contribution in [3.05, 3.63) is 22.6 Å². The molecule has 1 atom stereocenters. The Morgan fingerprint density at radius 3 is 2.48 bits per heavy atom. The Morgan fingerprint density at radius 2 is 1.89 bits per heavy atom. The molecule has 0 saturated carbocycles. The average Bonchev–Trinajstić information content (AvgIpc) is 3.17. The highest BCUT2D eigenvalue weighted by Crippen LogP contribution is 2.31. The van der Waals surface area contributed by atoms with Crippen LogP contribution in [0.4, 0.5) is 11.6 Å². The van der Waals surface area contributed by atoms with Crippen LogP contribution in [0.15, 0.2) is 17.1 Å². The van der Waals surface area contributed by atoms with Crippen molar-refractivity contribution in [3.63, 3.8) is 0 Å². The molecular weight excluding hydrogens is 342 g/mol. The molecule has 0 fully saturated rings. The zero-order valence-corrected chi connectivity index (χ0v) is 17.1. The van der Waals surface area contributed by atoms with Gasteiger partial charge in [-0.15, -0.1) is 0 Å². The van der Waals surface area contributed by atoms with Crippen molar-refractivity contribution in [2.45, 2.75) is 46.7 Å². The maximum atomic E-state index is 13.0. The fourth-order valence-electron chi connectivity index (χ4n) is 3.16. The molecule has 3 aromatic heterocycles. The second-order valence-electron chi connectivity index (χ2n) is 7.81. The van der Waals surface area contributed by atoms with Crippen LogP contribution in [0, 0.1) is 5.92 Å². The van der Waals surface area contributed by atoms with E-state index in [2.05, 4.69) is 47.9 Å². The van der Waals surface area contributed by atoms with Gasteiger partial charge in [-0.05, 0) is 26.7 Å². The van der Waals surface area contributed by atoms with Gasteiger partial charge in [0.2, 0.25) is 0 Å². The molecule has 27 heavy (non-hydrogen) atoms. The lowest BCUT2D eigenvalue weighted by atomic mass is 10.0. The van der Waals surface area contributed by atoms with Crippen molar-refractivity contribution in [3.8, 4) is 11.3 Å². The van der Waals surface area contributed by atoms with Crippen molar-refractivity contribution in [2.75, 3.05) is 17.7 Å². The smallest absolute Gasteiger partial charge is 0.264 e. The molecule has 8 heteroatoms. The number of rotatable bonds is 5. The molecule has 0 bridgehead atoms. The van der Waals surface area contributed by atoms with Gasteiger partial charge in [-0.3, -0.25) is 14.6 Å². The molecule has 0 aliphatic heterocycles. The first-order chi connectivity index (χ1) is 12.6. The van der Waals surface area contributed by atoms with Crippen LogP contribution < -0.4 is 16.2 Å². The molecule has 3 heterocycles. The molecule has 3 aromatic rings. The number of nitrogens with zero attached hydrogens (tertiary/aromatic N) is 5. The molecule has 0 spiro atoms. The van der Waals surface area contributed by atoms with Crippen LogP contribution in [0.5, 0.6) is 0 Å². The summed E-state index contributed by atoms with van der Waals surface area (Å²) in [5.74, 6) is 1.51. The Bertz CT molecular complexity index is 1020. The minimum absolute atomic E-state index is 0.0245.